The van der Waals surface area contributed by atoms with Crippen LogP contribution in [0.4, 0.5) is 11.4 Å². The molecule has 3 heterocycles. The van der Waals surface area contributed by atoms with E-state index in [4.69, 9.17) is 9.47 Å². The molecule has 0 bridgehead atoms. The summed E-state index contributed by atoms with van der Waals surface area (Å²) in [6, 6.07) is 6.13. The lowest BCUT2D eigenvalue weighted by molar-refractivity contribution is 0.103. The Bertz CT molecular complexity index is 1080. The molecule has 7 nitrogen and oxygen atoms in total. The number of ether oxygens (including phenoxy) is 2. The minimum Gasteiger partial charge on any atom is -0.480 e. The number of carbonyl (C=O) groups excluding carboxylic acids is 1. The summed E-state index contributed by atoms with van der Waals surface area (Å²) in [5.41, 5.74) is 4.15. The Kier molecular flexibility index (Phi) is 5.38. The largest absolute Gasteiger partial charge is 0.480 e. The van der Waals surface area contributed by atoms with Crippen molar-refractivity contribution in [1.29, 1.82) is 0 Å². The van der Waals surface area contributed by atoms with Gasteiger partial charge in [-0.05, 0) is 43.5 Å². The van der Waals surface area contributed by atoms with Crippen molar-refractivity contribution < 1.29 is 14.3 Å². The summed E-state index contributed by atoms with van der Waals surface area (Å²) in [7, 11) is 3.16. The van der Waals surface area contributed by atoms with Crippen LogP contribution in [-0.4, -0.2) is 43.2 Å². The van der Waals surface area contributed by atoms with Gasteiger partial charge in [-0.2, -0.15) is 4.98 Å². The molecule has 0 saturated heterocycles. The maximum atomic E-state index is 13.0. The Morgan fingerprint density at radius 2 is 2.14 bits per heavy atom. The maximum absolute atomic E-state index is 13.0. The highest BCUT2D eigenvalue weighted by Crippen LogP contribution is 2.36. The Morgan fingerprint density at radius 1 is 1.31 bits per heavy atom. The molecule has 1 aliphatic heterocycles. The summed E-state index contributed by atoms with van der Waals surface area (Å²) in [6.45, 7) is 6.32. The number of likely N-dealkylation sites (N-methyl/N-ethyl adjacent to an activating group) is 1. The summed E-state index contributed by atoms with van der Waals surface area (Å²) >= 11 is 1.34. The van der Waals surface area contributed by atoms with Gasteiger partial charge in [-0.25, -0.2) is 4.98 Å². The van der Waals surface area contributed by atoms with E-state index >= 15 is 0 Å². The maximum Gasteiger partial charge on any atom is 0.266 e. The number of amides is 1. The Hall–Kier alpha value is -2.71. The van der Waals surface area contributed by atoms with Crippen LogP contribution in [0.3, 0.4) is 0 Å². The molecule has 1 aromatic carbocycles. The summed E-state index contributed by atoms with van der Waals surface area (Å²) in [6.07, 6.45) is 1.05. The fourth-order valence-corrected chi connectivity index (χ4v) is 4.83. The first-order valence-corrected chi connectivity index (χ1v) is 10.4. The number of thiophene rings is 1. The van der Waals surface area contributed by atoms with Crippen LogP contribution in [0.25, 0.3) is 10.2 Å². The van der Waals surface area contributed by atoms with E-state index in [1.165, 1.54) is 22.6 Å². The van der Waals surface area contributed by atoms with E-state index in [0.29, 0.717) is 16.6 Å². The zero-order valence-corrected chi connectivity index (χ0v) is 17.9. The first kappa shape index (κ1) is 19.6. The molecule has 0 atom stereocenters. The average Bonchev–Trinajstić information content (AvgIpc) is 3.28. The van der Waals surface area contributed by atoms with Gasteiger partial charge >= 0.3 is 0 Å². The SMILES string of the molecule is CCN1CCc2ccc(NC(=O)c3sc4nc(COC)nc(OC)c4c3C)cc21. The summed E-state index contributed by atoms with van der Waals surface area (Å²) < 4.78 is 10.6. The minimum atomic E-state index is -0.151. The molecular formula is C21H24N4O3S. The van der Waals surface area contributed by atoms with Crippen molar-refractivity contribution in [3.63, 3.8) is 0 Å². The third kappa shape index (κ3) is 3.54. The third-order valence-electron chi connectivity index (χ3n) is 5.19. The van der Waals surface area contributed by atoms with E-state index in [1.807, 2.05) is 13.0 Å². The second kappa shape index (κ2) is 7.96. The minimum absolute atomic E-state index is 0.151. The number of nitrogens with one attached hydrogen (secondary N) is 1. The van der Waals surface area contributed by atoms with Gasteiger partial charge in [0.2, 0.25) is 5.88 Å². The van der Waals surface area contributed by atoms with Crippen LogP contribution in [0, 0.1) is 6.92 Å². The Labute approximate surface area is 173 Å². The molecular weight excluding hydrogens is 388 g/mol. The van der Waals surface area contributed by atoms with Crippen molar-refractivity contribution in [2.45, 2.75) is 26.9 Å². The van der Waals surface area contributed by atoms with E-state index in [1.54, 1.807) is 14.2 Å². The van der Waals surface area contributed by atoms with Crippen molar-refractivity contribution in [1.82, 2.24) is 9.97 Å². The van der Waals surface area contributed by atoms with E-state index in [9.17, 15) is 4.79 Å². The topological polar surface area (TPSA) is 76.6 Å². The molecule has 0 saturated carbocycles. The number of carbonyl (C=O) groups is 1. The van der Waals surface area contributed by atoms with Crippen molar-refractivity contribution in [3.8, 4) is 5.88 Å². The van der Waals surface area contributed by atoms with Crippen molar-refractivity contribution in [3.05, 3.63) is 40.0 Å². The summed E-state index contributed by atoms with van der Waals surface area (Å²) in [5.74, 6) is 0.844. The Morgan fingerprint density at radius 3 is 2.86 bits per heavy atom. The molecule has 8 heteroatoms. The van der Waals surface area contributed by atoms with Gasteiger partial charge in [0.15, 0.2) is 5.82 Å². The van der Waals surface area contributed by atoms with Gasteiger partial charge in [0, 0.05) is 31.6 Å². The quantitative estimate of drug-likeness (QED) is 0.664. The molecule has 4 rings (SSSR count). The van der Waals surface area contributed by atoms with Gasteiger partial charge < -0.3 is 19.7 Å². The predicted molar refractivity (Wildman–Crippen MR) is 115 cm³/mol. The van der Waals surface area contributed by atoms with Crippen molar-refractivity contribution >= 4 is 38.8 Å². The molecule has 0 fully saturated rings. The number of methoxy groups -OCH3 is 2. The highest BCUT2D eigenvalue weighted by molar-refractivity contribution is 7.20. The molecule has 29 heavy (non-hydrogen) atoms. The van der Waals surface area contributed by atoms with Gasteiger partial charge in [0.1, 0.15) is 11.4 Å². The van der Waals surface area contributed by atoms with Gasteiger partial charge in [0.25, 0.3) is 5.91 Å². The lowest BCUT2D eigenvalue weighted by Crippen LogP contribution is -2.19. The number of aromatic nitrogens is 2. The molecule has 3 aromatic rings. The molecule has 0 spiro atoms. The molecule has 0 radical (unpaired) electrons. The zero-order valence-electron chi connectivity index (χ0n) is 17.0. The second-order valence-corrected chi connectivity index (χ2v) is 7.94. The van der Waals surface area contributed by atoms with E-state index in [0.717, 1.165) is 41.0 Å². The smallest absolute Gasteiger partial charge is 0.266 e. The number of rotatable bonds is 6. The molecule has 2 aromatic heterocycles. The first-order valence-electron chi connectivity index (χ1n) is 9.57. The van der Waals surface area contributed by atoms with Crippen molar-refractivity contribution in [2.75, 3.05) is 37.5 Å². The molecule has 152 valence electrons. The van der Waals surface area contributed by atoms with E-state index in [-0.39, 0.29) is 12.5 Å². The Balaban J connectivity index is 1.66. The van der Waals surface area contributed by atoms with Crippen LogP contribution in [0.5, 0.6) is 5.88 Å². The lowest BCUT2D eigenvalue weighted by atomic mass is 10.1. The number of nitrogens with zero attached hydrogens (tertiary/aromatic N) is 3. The first-order chi connectivity index (χ1) is 14.0. The second-order valence-electron chi connectivity index (χ2n) is 6.95. The number of aryl methyl sites for hydroxylation is 1. The third-order valence-corrected chi connectivity index (χ3v) is 6.38. The standard InChI is InChI=1S/C21H24N4O3S/c1-5-25-9-8-13-6-7-14(10-15(13)25)22-19(26)18-12(2)17-20(28-4)23-16(11-27-3)24-21(17)29-18/h6-7,10H,5,8-9,11H2,1-4H3,(H,22,26). The number of hydrogen-bond acceptors (Lipinski definition) is 7. The monoisotopic (exact) mass is 412 g/mol. The van der Waals surface area contributed by atoms with E-state index < -0.39 is 0 Å². The molecule has 1 aliphatic rings. The van der Waals surface area contributed by atoms with Crippen LogP contribution in [0.1, 0.15) is 33.5 Å². The lowest BCUT2D eigenvalue weighted by Gasteiger charge is -2.17. The molecule has 0 unspecified atom stereocenters. The number of benzene rings is 1. The van der Waals surface area contributed by atoms with E-state index in [2.05, 4.69) is 39.2 Å². The molecule has 1 amide bonds. The predicted octanol–water partition coefficient (Wildman–Crippen LogP) is 3.79. The van der Waals surface area contributed by atoms with Crippen LogP contribution >= 0.6 is 11.3 Å². The van der Waals surface area contributed by atoms with Gasteiger partial charge in [-0.3, -0.25) is 4.79 Å². The average molecular weight is 413 g/mol. The van der Waals surface area contributed by atoms with Crippen LogP contribution < -0.4 is 15.0 Å². The van der Waals surface area contributed by atoms with Gasteiger partial charge in [0.05, 0.1) is 17.4 Å². The highest BCUT2D eigenvalue weighted by Gasteiger charge is 2.22. The van der Waals surface area contributed by atoms with Crippen molar-refractivity contribution in [2.24, 2.45) is 0 Å². The number of hydrogen-bond donors (Lipinski definition) is 1. The fourth-order valence-electron chi connectivity index (χ4n) is 3.74. The number of anilines is 2. The zero-order chi connectivity index (χ0) is 20.5. The van der Waals surface area contributed by atoms with Crippen LogP contribution in [-0.2, 0) is 17.8 Å². The fraction of sp³-hybridized carbons (Fsp3) is 0.381. The number of fused-ring (bicyclic) bond motifs is 2. The van der Waals surface area contributed by atoms with Gasteiger partial charge in [-0.15, -0.1) is 11.3 Å². The van der Waals surface area contributed by atoms with Crippen LogP contribution in [0.15, 0.2) is 18.2 Å². The molecule has 1 N–H and O–H groups in total. The van der Waals surface area contributed by atoms with Gasteiger partial charge in [-0.1, -0.05) is 6.07 Å². The summed E-state index contributed by atoms with van der Waals surface area (Å²) in [5, 5.41) is 3.81. The summed E-state index contributed by atoms with van der Waals surface area (Å²) in [4.78, 5) is 25.6. The molecule has 0 aliphatic carbocycles. The van der Waals surface area contributed by atoms with Crippen LogP contribution in [0.2, 0.25) is 0 Å². The normalized spacial score (nSPS) is 13.0. The highest BCUT2D eigenvalue weighted by atomic mass is 32.1.